The molecule has 0 radical (unpaired) electrons. The second-order valence-electron chi connectivity index (χ2n) is 3.37. The van der Waals surface area contributed by atoms with E-state index in [-0.39, 0.29) is 11.9 Å². The van der Waals surface area contributed by atoms with Crippen LogP contribution in [0.25, 0.3) is 0 Å². The van der Waals surface area contributed by atoms with E-state index in [0.29, 0.717) is 13.0 Å². The largest absolute Gasteiger partial charge is 0.371 e. The van der Waals surface area contributed by atoms with Crippen LogP contribution in [0.3, 0.4) is 0 Å². The lowest BCUT2D eigenvalue weighted by molar-refractivity contribution is -0.128. The smallest absolute Gasteiger partial charge is 0.165 e. The quantitative estimate of drug-likeness (QED) is 0.781. The van der Waals surface area contributed by atoms with E-state index < -0.39 is 0 Å². The molecule has 1 rings (SSSR count). The fraction of sp³-hybridized carbons (Fsp3) is 0.417. The molecule has 0 aliphatic heterocycles. The molecule has 1 unspecified atom stereocenters. The van der Waals surface area contributed by atoms with E-state index in [9.17, 15) is 4.79 Å². The Morgan fingerprint density at radius 2 is 2.00 bits per heavy atom. The molecule has 2 nitrogen and oxygen atoms in total. The average molecular weight is 318 g/mol. The highest BCUT2D eigenvalue weighted by atomic mass is 127. The zero-order valence-electron chi connectivity index (χ0n) is 9.00. The molecule has 15 heavy (non-hydrogen) atoms. The Hall–Kier alpha value is -0.420. The van der Waals surface area contributed by atoms with Crippen molar-refractivity contribution in [1.29, 1.82) is 0 Å². The zero-order valence-corrected chi connectivity index (χ0v) is 11.2. The summed E-state index contributed by atoms with van der Waals surface area (Å²) < 4.78 is 6.43. The maximum absolute atomic E-state index is 11.7. The fourth-order valence-electron chi connectivity index (χ4n) is 1.29. The number of carbonyl (C=O) groups is 1. The van der Waals surface area contributed by atoms with Gasteiger partial charge in [0.15, 0.2) is 5.78 Å². The van der Waals surface area contributed by atoms with Gasteiger partial charge in [0, 0.05) is 16.6 Å². The minimum absolute atomic E-state index is 0.137. The highest BCUT2D eigenvalue weighted by Crippen LogP contribution is 2.09. The summed E-state index contributed by atoms with van der Waals surface area (Å²) in [5.74, 6) is 0.137. The van der Waals surface area contributed by atoms with Gasteiger partial charge in [-0.25, -0.2) is 0 Å². The van der Waals surface area contributed by atoms with Crippen molar-refractivity contribution < 1.29 is 9.53 Å². The summed E-state index contributed by atoms with van der Waals surface area (Å²) in [6, 6.07) is 7.99. The van der Waals surface area contributed by atoms with Gasteiger partial charge in [0.05, 0.1) is 0 Å². The molecule has 0 spiro atoms. The predicted octanol–water partition coefficient (Wildman–Crippen LogP) is 2.83. The Bertz CT molecular complexity index is 319. The second-order valence-corrected chi connectivity index (χ2v) is 4.61. The van der Waals surface area contributed by atoms with Gasteiger partial charge in [-0.1, -0.05) is 12.1 Å². The number of hydrogen-bond donors (Lipinski definition) is 0. The first kappa shape index (κ1) is 12.6. The Morgan fingerprint density at radius 3 is 2.53 bits per heavy atom. The standard InChI is InChI=1S/C12H15IO2/c1-3-15-9(2)12(14)8-10-4-6-11(13)7-5-10/h4-7,9H,3,8H2,1-2H3. The van der Waals surface area contributed by atoms with E-state index in [2.05, 4.69) is 22.6 Å². The molecule has 1 atom stereocenters. The Kier molecular flexibility index (Phi) is 5.25. The third kappa shape index (κ3) is 4.30. The van der Waals surface area contributed by atoms with Crippen LogP contribution in [-0.2, 0) is 16.0 Å². The number of Topliss-reactive ketones (excluding diaryl/α,β-unsaturated/α-hetero) is 1. The molecule has 0 aliphatic rings. The summed E-state index contributed by atoms with van der Waals surface area (Å²) in [6.45, 7) is 4.28. The topological polar surface area (TPSA) is 26.3 Å². The molecule has 0 heterocycles. The van der Waals surface area contributed by atoms with Gasteiger partial charge in [0.2, 0.25) is 0 Å². The maximum atomic E-state index is 11.7. The third-order valence-corrected chi connectivity index (χ3v) is 2.88. The lowest BCUT2D eigenvalue weighted by atomic mass is 10.1. The van der Waals surface area contributed by atoms with Crippen LogP contribution >= 0.6 is 22.6 Å². The Morgan fingerprint density at radius 1 is 1.40 bits per heavy atom. The zero-order chi connectivity index (χ0) is 11.3. The first-order valence-electron chi connectivity index (χ1n) is 5.02. The molecule has 0 saturated heterocycles. The van der Waals surface area contributed by atoms with Crippen LogP contribution in [0.4, 0.5) is 0 Å². The van der Waals surface area contributed by atoms with Crippen molar-refractivity contribution in [3.8, 4) is 0 Å². The third-order valence-electron chi connectivity index (χ3n) is 2.16. The summed E-state index contributed by atoms with van der Waals surface area (Å²) >= 11 is 2.25. The minimum atomic E-state index is -0.297. The molecule has 0 amide bonds. The van der Waals surface area contributed by atoms with E-state index in [1.54, 1.807) is 6.92 Å². The van der Waals surface area contributed by atoms with Crippen LogP contribution in [-0.4, -0.2) is 18.5 Å². The van der Waals surface area contributed by atoms with Crippen molar-refractivity contribution >= 4 is 28.4 Å². The SMILES string of the molecule is CCOC(C)C(=O)Cc1ccc(I)cc1. The fourth-order valence-corrected chi connectivity index (χ4v) is 1.65. The first-order chi connectivity index (χ1) is 7.13. The van der Waals surface area contributed by atoms with Crippen molar-refractivity contribution in [2.45, 2.75) is 26.4 Å². The lowest BCUT2D eigenvalue weighted by Crippen LogP contribution is -2.22. The summed E-state index contributed by atoms with van der Waals surface area (Å²) in [5, 5.41) is 0. The summed E-state index contributed by atoms with van der Waals surface area (Å²) in [7, 11) is 0. The maximum Gasteiger partial charge on any atom is 0.165 e. The van der Waals surface area contributed by atoms with Crippen molar-refractivity contribution in [3.05, 3.63) is 33.4 Å². The van der Waals surface area contributed by atoms with E-state index in [4.69, 9.17) is 4.74 Å². The number of hydrogen-bond acceptors (Lipinski definition) is 2. The summed E-state index contributed by atoms with van der Waals surface area (Å²) in [4.78, 5) is 11.7. The lowest BCUT2D eigenvalue weighted by Gasteiger charge is -2.10. The molecular weight excluding hydrogens is 303 g/mol. The van der Waals surface area contributed by atoms with Crippen molar-refractivity contribution in [2.75, 3.05) is 6.61 Å². The van der Waals surface area contributed by atoms with E-state index in [0.717, 1.165) is 5.56 Å². The van der Waals surface area contributed by atoms with Crippen LogP contribution in [0.1, 0.15) is 19.4 Å². The van der Waals surface area contributed by atoms with Gasteiger partial charge in [-0.3, -0.25) is 4.79 Å². The monoisotopic (exact) mass is 318 g/mol. The number of ketones is 1. The van der Waals surface area contributed by atoms with E-state index in [1.165, 1.54) is 3.57 Å². The number of benzene rings is 1. The summed E-state index contributed by atoms with van der Waals surface area (Å²) in [5.41, 5.74) is 1.05. The van der Waals surface area contributed by atoms with Crippen LogP contribution in [0.15, 0.2) is 24.3 Å². The average Bonchev–Trinajstić information content (AvgIpc) is 2.22. The predicted molar refractivity (Wildman–Crippen MR) is 69.0 cm³/mol. The van der Waals surface area contributed by atoms with Crippen LogP contribution in [0.5, 0.6) is 0 Å². The van der Waals surface area contributed by atoms with Crippen LogP contribution in [0.2, 0.25) is 0 Å². The van der Waals surface area contributed by atoms with Gasteiger partial charge < -0.3 is 4.74 Å². The molecule has 0 aliphatic carbocycles. The van der Waals surface area contributed by atoms with Crippen LogP contribution < -0.4 is 0 Å². The van der Waals surface area contributed by atoms with Gasteiger partial charge in [-0.2, -0.15) is 0 Å². The first-order valence-corrected chi connectivity index (χ1v) is 6.10. The Balaban J connectivity index is 2.54. The highest BCUT2D eigenvalue weighted by molar-refractivity contribution is 14.1. The van der Waals surface area contributed by atoms with Crippen molar-refractivity contribution in [1.82, 2.24) is 0 Å². The second kappa shape index (κ2) is 6.23. The van der Waals surface area contributed by atoms with E-state index >= 15 is 0 Å². The van der Waals surface area contributed by atoms with Gasteiger partial charge >= 0.3 is 0 Å². The number of ether oxygens (including phenoxy) is 1. The molecule has 0 saturated carbocycles. The molecule has 1 aromatic carbocycles. The van der Waals surface area contributed by atoms with Crippen molar-refractivity contribution in [3.63, 3.8) is 0 Å². The Labute approximate surface area is 104 Å². The summed E-state index contributed by atoms with van der Waals surface area (Å²) in [6.07, 6.45) is 0.159. The minimum Gasteiger partial charge on any atom is -0.371 e. The van der Waals surface area contributed by atoms with Gasteiger partial charge in [0.1, 0.15) is 6.10 Å². The molecule has 0 aromatic heterocycles. The van der Waals surface area contributed by atoms with Crippen LogP contribution in [0, 0.1) is 3.57 Å². The molecule has 1 aromatic rings. The molecule has 82 valence electrons. The van der Waals surface area contributed by atoms with Crippen molar-refractivity contribution in [2.24, 2.45) is 0 Å². The highest BCUT2D eigenvalue weighted by Gasteiger charge is 2.12. The molecule has 0 fully saturated rings. The van der Waals surface area contributed by atoms with Gasteiger partial charge in [-0.15, -0.1) is 0 Å². The normalized spacial score (nSPS) is 12.5. The van der Waals surface area contributed by atoms with E-state index in [1.807, 2.05) is 31.2 Å². The number of carbonyl (C=O) groups excluding carboxylic acids is 1. The number of rotatable bonds is 5. The van der Waals surface area contributed by atoms with Gasteiger partial charge in [0.25, 0.3) is 0 Å². The number of halogens is 1. The van der Waals surface area contributed by atoms with Gasteiger partial charge in [-0.05, 0) is 54.1 Å². The molecule has 3 heteroatoms. The molecular formula is C12H15IO2. The molecule has 0 N–H and O–H groups in total. The molecule has 0 bridgehead atoms.